The summed E-state index contributed by atoms with van der Waals surface area (Å²) in [4.78, 5) is 18.9. The molecule has 4 aromatic rings. The molecule has 0 bridgehead atoms. The quantitative estimate of drug-likeness (QED) is 0.315. The second-order valence-electron chi connectivity index (χ2n) is 8.46. The maximum atomic E-state index is 12.1. The van der Waals surface area contributed by atoms with Gasteiger partial charge in [-0.1, -0.05) is 35.9 Å². The first kappa shape index (κ1) is 23.6. The third-order valence-electron chi connectivity index (χ3n) is 5.91. The smallest absolute Gasteiger partial charge is 0.338 e. The number of hydrogen-bond acceptors (Lipinski definition) is 5. The van der Waals surface area contributed by atoms with Gasteiger partial charge in [-0.05, 0) is 49.2 Å². The SMILES string of the molecule is COC(=O)c1ccccc1COc1cc(C)c2nc(C)n(Cc3ccc(N(C)C)cc3Cl)c2c1. The highest BCUT2D eigenvalue weighted by molar-refractivity contribution is 6.31. The Hall–Kier alpha value is -3.51. The van der Waals surface area contributed by atoms with E-state index in [4.69, 9.17) is 26.1 Å². The molecule has 0 aliphatic rings. The summed E-state index contributed by atoms with van der Waals surface area (Å²) in [7, 11) is 5.36. The van der Waals surface area contributed by atoms with Gasteiger partial charge in [-0.3, -0.25) is 0 Å². The molecule has 0 saturated heterocycles. The van der Waals surface area contributed by atoms with Gasteiger partial charge in [0.25, 0.3) is 0 Å². The molecule has 0 radical (unpaired) electrons. The van der Waals surface area contributed by atoms with Gasteiger partial charge in [-0.25, -0.2) is 9.78 Å². The molecule has 0 amide bonds. The summed E-state index contributed by atoms with van der Waals surface area (Å²) in [5.74, 6) is 1.23. The Labute approximate surface area is 204 Å². The lowest BCUT2D eigenvalue weighted by molar-refractivity contribution is 0.0597. The zero-order valence-corrected chi connectivity index (χ0v) is 20.8. The first-order valence-electron chi connectivity index (χ1n) is 11.0. The number of aryl methyl sites for hydroxylation is 2. The van der Waals surface area contributed by atoms with Gasteiger partial charge in [-0.15, -0.1) is 0 Å². The Morgan fingerprint density at radius 2 is 1.82 bits per heavy atom. The zero-order chi connectivity index (χ0) is 24.4. The van der Waals surface area contributed by atoms with Crippen molar-refractivity contribution in [2.75, 3.05) is 26.1 Å². The van der Waals surface area contributed by atoms with E-state index in [-0.39, 0.29) is 12.6 Å². The van der Waals surface area contributed by atoms with Gasteiger partial charge in [-0.2, -0.15) is 0 Å². The molecule has 1 aromatic heterocycles. The minimum Gasteiger partial charge on any atom is -0.489 e. The van der Waals surface area contributed by atoms with Gasteiger partial charge in [0, 0.05) is 36.4 Å². The van der Waals surface area contributed by atoms with Crippen molar-refractivity contribution in [3.8, 4) is 5.75 Å². The van der Waals surface area contributed by atoms with Crippen molar-refractivity contribution in [2.24, 2.45) is 0 Å². The van der Waals surface area contributed by atoms with Crippen LogP contribution in [-0.2, 0) is 17.9 Å². The average Bonchev–Trinajstić information content (AvgIpc) is 3.14. The Morgan fingerprint density at radius 1 is 1.06 bits per heavy atom. The van der Waals surface area contributed by atoms with Crippen LogP contribution in [-0.4, -0.2) is 36.7 Å². The largest absolute Gasteiger partial charge is 0.489 e. The highest BCUT2D eigenvalue weighted by atomic mass is 35.5. The van der Waals surface area contributed by atoms with Crippen LogP contribution in [0.4, 0.5) is 5.69 Å². The van der Waals surface area contributed by atoms with Crippen LogP contribution < -0.4 is 9.64 Å². The Kier molecular flexibility index (Phi) is 6.80. The fraction of sp³-hybridized carbons (Fsp3) is 0.259. The number of nitrogens with zero attached hydrogens (tertiary/aromatic N) is 3. The zero-order valence-electron chi connectivity index (χ0n) is 20.1. The fourth-order valence-electron chi connectivity index (χ4n) is 3.99. The maximum absolute atomic E-state index is 12.1. The molecule has 0 unspecified atom stereocenters. The molecule has 6 nitrogen and oxygen atoms in total. The van der Waals surface area contributed by atoms with Gasteiger partial charge in [0.05, 0.1) is 30.3 Å². The van der Waals surface area contributed by atoms with Crippen molar-refractivity contribution in [3.63, 3.8) is 0 Å². The van der Waals surface area contributed by atoms with Gasteiger partial charge >= 0.3 is 5.97 Å². The summed E-state index contributed by atoms with van der Waals surface area (Å²) in [6.07, 6.45) is 0. The number of methoxy groups -OCH3 is 1. The molecule has 176 valence electrons. The van der Waals surface area contributed by atoms with E-state index in [2.05, 4.69) is 16.7 Å². The van der Waals surface area contributed by atoms with Crippen molar-refractivity contribution in [1.82, 2.24) is 9.55 Å². The summed E-state index contributed by atoms with van der Waals surface area (Å²) in [5, 5.41) is 0.719. The molecule has 0 N–H and O–H groups in total. The van der Waals surface area contributed by atoms with E-state index in [0.717, 1.165) is 44.3 Å². The van der Waals surface area contributed by atoms with Crippen molar-refractivity contribution in [2.45, 2.75) is 27.0 Å². The van der Waals surface area contributed by atoms with Crippen LogP contribution in [0.15, 0.2) is 54.6 Å². The van der Waals surface area contributed by atoms with Crippen LogP contribution in [0.5, 0.6) is 5.75 Å². The monoisotopic (exact) mass is 477 g/mol. The van der Waals surface area contributed by atoms with Crippen molar-refractivity contribution >= 4 is 34.3 Å². The molecule has 4 rings (SSSR count). The number of ether oxygens (including phenoxy) is 2. The summed E-state index contributed by atoms with van der Waals surface area (Å²) < 4.78 is 13.2. The summed E-state index contributed by atoms with van der Waals surface area (Å²) >= 11 is 6.60. The van der Waals surface area contributed by atoms with Crippen molar-refractivity contribution < 1.29 is 14.3 Å². The summed E-state index contributed by atoms with van der Waals surface area (Å²) in [5.41, 5.74) is 6.27. The topological polar surface area (TPSA) is 56.6 Å². The number of esters is 1. The number of rotatable bonds is 7. The molecule has 0 saturated carbocycles. The predicted octanol–water partition coefficient (Wildman–Crippen LogP) is 5.79. The van der Waals surface area contributed by atoms with Gasteiger partial charge in [0.2, 0.25) is 0 Å². The lowest BCUT2D eigenvalue weighted by atomic mass is 10.1. The van der Waals surface area contributed by atoms with E-state index >= 15 is 0 Å². The molecular weight excluding hydrogens is 450 g/mol. The number of benzene rings is 3. The number of halogens is 1. The minimum absolute atomic E-state index is 0.251. The molecule has 0 aliphatic carbocycles. The molecular formula is C27H28ClN3O3. The van der Waals surface area contributed by atoms with E-state index in [1.165, 1.54) is 7.11 Å². The highest BCUT2D eigenvalue weighted by Gasteiger charge is 2.15. The first-order chi connectivity index (χ1) is 16.3. The lowest BCUT2D eigenvalue weighted by Gasteiger charge is -2.15. The third kappa shape index (κ3) is 4.73. The Bertz CT molecular complexity index is 1360. The van der Waals surface area contributed by atoms with E-state index in [1.807, 2.05) is 69.2 Å². The predicted molar refractivity (Wildman–Crippen MR) is 136 cm³/mol. The Balaban J connectivity index is 1.65. The lowest BCUT2D eigenvalue weighted by Crippen LogP contribution is -2.09. The molecule has 34 heavy (non-hydrogen) atoms. The van der Waals surface area contributed by atoms with Crippen LogP contribution in [0.2, 0.25) is 5.02 Å². The van der Waals surface area contributed by atoms with E-state index in [1.54, 1.807) is 6.07 Å². The molecule has 0 fully saturated rings. The second kappa shape index (κ2) is 9.77. The highest BCUT2D eigenvalue weighted by Crippen LogP contribution is 2.29. The van der Waals surface area contributed by atoms with Crippen molar-refractivity contribution in [3.05, 3.63) is 87.7 Å². The third-order valence-corrected chi connectivity index (χ3v) is 6.26. The number of carbonyl (C=O) groups excluding carboxylic acids is 1. The molecule has 0 spiro atoms. The van der Waals surface area contributed by atoms with Crippen LogP contribution in [0.3, 0.4) is 0 Å². The van der Waals surface area contributed by atoms with Gasteiger partial charge in [0.15, 0.2) is 0 Å². The van der Waals surface area contributed by atoms with Gasteiger partial charge in [0.1, 0.15) is 18.2 Å². The number of imidazole rings is 1. The number of hydrogen-bond donors (Lipinski definition) is 0. The van der Waals surface area contributed by atoms with E-state index in [0.29, 0.717) is 17.9 Å². The molecule has 0 atom stereocenters. The van der Waals surface area contributed by atoms with Crippen LogP contribution >= 0.6 is 11.6 Å². The average molecular weight is 478 g/mol. The number of anilines is 1. The standard InChI is InChI=1S/C27H28ClN3O3/c1-17-12-22(34-16-20-8-6-7-9-23(20)27(32)33-5)14-25-26(17)29-18(2)31(25)15-19-10-11-21(30(3)4)13-24(19)28/h6-14H,15-16H2,1-5H3. The van der Waals surface area contributed by atoms with Gasteiger partial charge < -0.3 is 18.9 Å². The molecule has 1 heterocycles. The number of carbonyl (C=O) groups is 1. The molecule has 3 aromatic carbocycles. The van der Waals surface area contributed by atoms with Crippen LogP contribution in [0.25, 0.3) is 11.0 Å². The van der Waals surface area contributed by atoms with E-state index in [9.17, 15) is 4.79 Å². The normalized spacial score (nSPS) is 11.0. The van der Waals surface area contributed by atoms with E-state index < -0.39 is 0 Å². The molecule has 7 heteroatoms. The Morgan fingerprint density at radius 3 is 2.53 bits per heavy atom. The number of aromatic nitrogens is 2. The minimum atomic E-state index is -0.378. The van der Waals surface area contributed by atoms with Crippen LogP contribution in [0.1, 0.15) is 32.9 Å². The van der Waals surface area contributed by atoms with Crippen molar-refractivity contribution in [1.29, 1.82) is 0 Å². The fourth-order valence-corrected chi connectivity index (χ4v) is 4.22. The van der Waals surface area contributed by atoms with Crippen LogP contribution in [0, 0.1) is 13.8 Å². The first-order valence-corrected chi connectivity index (χ1v) is 11.4. The second-order valence-corrected chi connectivity index (χ2v) is 8.87. The summed E-state index contributed by atoms with van der Waals surface area (Å²) in [6.45, 7) is 4.87. The number of fused-ring (bicyclic) bond motifs is 1. The molecule has 0 aliphatic heterocycles. The summed E-state index contributed by atoms with van der Waals surface area (Å²) in [6, 6.07) is 17.4. The maximum Gasteiger partial charge on any atom is 0.338 e.